The first-order valence-corrected chi connectivity index (χ1v) is 10.2. The maximum atomic E-state index is 6.41. The average molecular weight is 381 g/mol. The molecule has 0 bridgehead atoms. The van der Waals surface area contributed by atoms with E-state index in [1.807, 2.05) is 43.3 Å². The molecule has 150 valence electrons. The molecule has 28 heavy (non-hydrogen) atoms. The lowest BCUT2D eigenvalue weighted by molar-refractivity contribution is -0.194. The van der Waals surface area contributed by atoms with Gasteiger partial charge in [-0.05, 0) is 29.9 Å². The van der Waals surface area contributed by atoms with E-state index >= 15 is 0 Å². The highest BCUT2D eigenvalue weighted by Crippen LogP contribution is 2.34. The molecule has 1 aliphatic heterocycles. The normalized spacial score (nSPS) is 27.9. The fraction of sp³-hybridized carbons (Fsp3) is 0.440. The van der Waals surface area contributed by atoms with Crippen molar-refractivity contribution in [3.63, 3.8) is 0 Å². The van der Waals surface area contributed by atoms with E-state index in [9.17, 15) is 0 Å². The third kappa shape index (κ3) is 5.54. The molecular formula is C25H32O3. The Kier molecular flexibility index (Phi) is 7.84. The Morgan fingerprint density at radius 3 is 2.07 bits per heavy atom. The van der Waals surface area contributed by atoms with Gasteiger partial charge >= 0.3 is 0 Å². The van der Waals surface area contributed by atoms with Crippen LogP contribution in [-0.4, -0.2) is 24.9 Å². The molecule has 0 N–H and O–H groups in total. The Balaban J connectivity index is 1.65. The summed E-state index contributed by atoms with van der Waals surface area (Å²) in [7, 11) is 0. The minimum Gasteiger partial charge on any atom is -0.374 e. The van der Waals surface area contributed by atoms with Gasteiger partial charge in [0.05, 0.1) is 32.0 Å². The van der Waals surface area contributed by atoms with Gasteiger partial charge < -0.3 is 14.2 Å². The zero-order chi connectivity index (χ0) is 19.8. The van der Waals surface area contributed by atoms with Gasteiger partial charge in [-0.15, -0.1) is 0 Å². The summed E-state index contributed by atoms with van der Waals surface area (Å²) in [5.74, 6) is 0.770. The molecule has 5 atom stereocenters. The summed E-state index contributed by atoms with van der Waals surface area (Å²) in [6, 6.07) is 20.6. The van der Waals surface area contributed by atoms with Gasteiger partial charge in [0.15, 0.2) is 0 Å². The highest BCUT2D eigenvalue weighted by molar-refractivity contribution is 5.14. The Morgan fingerprint density at radius 2 is 1.46 bits per heavy atom. The van der Waals surface area contributed by atoms with Crippen molar-refractivity contribution in [3.8, 4) is 0 Å². The molecule has 0 amide bonds. The predicted octanol–water partition coefficient (Wildman–Crippen LogP) is 5.40. The second-order valence-electron chi connectivity index (χ2n) is 7.65. The lowest BCUT2D eigenvalue weighted by Crippen LogP contribution is -2.51. The molecule has 0 aliphatic carbocycles. The molecule has 0 saturated carbocycles. The molecule has 3 nitrogen and oxygen atoms in total. The lowest BCUT2D eigenvalue weighted by Gasteiger charge is -2.44. The number of rotatable bonds is 8. The van der Waals surface area contributed by atoms with Crippen LogP contribution >= 0.6 is 0 Å². The van der Waals surface area contributed by atoms with Crippen molar-refractivity contribution in [2.45, 2.75) is 52.3 Å². The van der Waals surface area contributed by atoms with E-state index in [2.05, 4.69) is 50.3 Å². The summed E-state index contributed by atoms with van der Waals surface area (Å²) in [4.78, 5) is 0. The van der Waals surface area contributed by atoms with Crippen molar-refractivity contribution in [2.75, 3.05) is 6.61 Å². The molecule has 2 aromatic rings. The first-order chi connectivity index (χ1) is 13.7. The van der Waals surface area contributed by atoms with Crippen LogP contribution in [0.2, 0.25) is 0 Å². The molecule has 0 aromatic heterocycles. The van der Waals surface area contributed by atoms with E-state index in [1.54, 1.807) is 0 Å². The molecule has 1 aliphatic rings. The SMILES string of the molecule is CC=C[C@H]1O[C@H](COCc2ccccc2)[C@@H](OCc2ccccc2)[C@H](C)[C@@H]1C. The second-order valence-corrected chi connectivity index (χ2v) is 7.65. The third-order valence-electron chi connectivity index (χ3n) is 5.63. The van der Waals surface area contributed by atoms with Crippen molar-refractivity contribution in [2.24, 2.45) is 11.8 Å². The summed E-state index contributed by atoms with van der Waals surface area (Å²) in [6.45, 7) is 8.26. The van der Waals surface area contributed by atoms with Gasteiger partial charge in [0.2, 0.25) is 0 Å². The van der Waals surface area contributed by atoms with Crippen LogP contribution in [0.1, 0.15) is 31.9 Å². The molecule has 1 saturated heterocycles. The Hall–Kier alpha value is -1.94. The zero-order valence-corrected chi connectivity index (χ0v) is 17.2. The fourth-order valence-electron chi connectivity index (χ4n) is 3.78. The van der Waals surface area contributed by atoms with E-state index in [0.717, 1.165) is 0 Å². The lowest BCUT2D eigenvalue weighted by atomic mass is 9.81. The number of allylic oxidation sites excluding steroid dienone is 1. The van der Waals surface area contributed by atoms with Gasteiger partial charge in [-0.1, -0.05) is 86.7 Å². The molecule has 1 fully saturated rings. The standard InChI is InChI=1S/C25H32O3/c1-4-11-23-19(2)20(3)25(27-17-22-14-9-6-10-15-22)24(28-23)18-26-16-21-12-7-5-8-13-21/h4-15,19-20,23-25H,16-18H2,1-3H3/t19-,20+,23+,24+,25-/m0/s1. The van der Waals surface area contributed by atoms with Crippen LogP contribution in [0.4, 0.5) is 0 Å². The van der Waals surface area contributed by atoms with E-state index in [1.165, 1.54) is 11.1 Å². The van der Waals surface area contributed by atoms with Crippen LogP contribution in [0.25, 0.3) is 0 Å². The van der Waals surface area contributed by atoms with Crippen LogP contribution < -0.4 is 0 Å². The summed E-state index contributed by atoms with van der Waals surface area (Å²) in [5, 5.41) is 0. The number of benzene rings is 2. The summed E-state index contributed by atoms with van der Waals surface area (Å²) < 4.78 is 18.8. The summed E-state index contributed by atoms with van der Waals surface area (Å²) in [5.41, 5.74) is 2.35. The summed E-state index contributed by atoms with van der Waals surface area (Å²) in [6.07, 6.45) is 4.24. The molecule has 0 radical (unpaired) electrons. The first-order valence-electron chi connectivity index (χ1n) is 10.2. The van der Waals surface area contributed by atoms with Gasteiger partial charge in [0.25, 0.3) is 0 Å². The quantitative estimate of drug-likeness (QED) is 0.574. The van der Waals surface area contributed by atoms with Crippen molar-refractivity contribution in [1.82, 2.24) is 0 Å². The smallest absolute Gasteiger partial charge is 0.108 e. The maximum absolute atomic E-state index is 6.41. The van der Waals surface area contributed by atoms with E-state index < -0.39 is 0 Å². The monoisotopic (exact) mass is 380 g/mol. The maximum Gasteiger partial charge on any atom is 0.108 e. The predicted molar refractivity (Wildman–Crippen MR) is 113 cm³/mol. The fourth-order valence-corrected chi connectivity index (χ4v) is 3.78. The topological polar surface area (TPSA) is 27.7 Å². The first kappa shape index (κ1) is 20.8. The van der Waals surface area contributed by atoms with Crippen molar-refractivity contribution in [3.05, 3.63) is 83.9 Å². The van der Waals surface area contributed by atoms with E-state index in [4.69, 9.17) is 14.2 Å². The summed E-state index contributed by atoms with van der Waals surface area (Å²) >= 11 is 0. The minimum atomic E-state index is -0.0835. The molecule has 0 spiro atoms. The van der Waals surface area contributed by atoms with Crippen LogP contribution in [0.5, 0.6) is 0 Å². The highest BCUT2D eigenvalue weighted by Gasteiger charge is 2.41. The molecule has 1 heterocycles. The average Bonchev–Trinajstić information content (AvgIpc) is 2.73. The van der Waals surface area contributed by atoms with E-state index in [-0.39, 0.29) is 18.3 Å². The molecule has 0 unspecified atom stereocenters. The Morgan fingerprint density at radius 1 is 0.857 bits per heavy atom. The van der Waals surface area contributed by atoms with Gasteiger partial charge in [0.1, 0.15) is 6.10 Å². The van der Waals surface area contributed by atoms with Crippen LogP contribution in [0.15, 0.2) is 72.8 Å². The van der Waals surface area contributed by atoms with Gasteiger partial charge in [-0.25, -0.2) is 0 Å². The van der Waals surface area contributed by atoms with Gasteiger partial charge in [-0.2, -0.15) is 0 Å². The minimum absolute atomic E-state index is 0.00693. The van der Waals surface area contributed by atoms with Crippen molar-refractivity contribution < 1.29 is 14.2 Å². The van der Waals surface area contributed by atoms with Gasteiger partial charge in [0, 0.05) is 0 Å². The van der Waals surface area contributed by atoms with E-state index in [0.29, 0.717) is 31.7 Å². The number of ether oxygens (including phenoxy) is 3. The third-order valence-corrected chi connectivity index (χ3v) is 5.63. The molecule has 3 heteroatoms. The van der Waals surface area contributed by atoms with Crippen LogP contribution in [-0.2, 0) is 27.4 Å². The van der Waals surface area contributed by atoms with Crippen LogP contribution in [0, 0.1) is 11.8 Å². The van der Waals surface area contributed by atoms with Crippen molar-refractivity contribution in [1.29, 1.82) is 0 Å². The molecule has 2 aromatic carbocycles. The van der Waals surface area contributed by atoms with Crippen molar-refractivity contribution >= 4 is 0 Å². The Bertz CT molecular complexity index is 713. The molecular weight excluding hydrogens is 348 g/mol. The Labute approximate surface area is 169 Å². The van der Waals surface area contributed by atoms with Crippen LogP contribution in [0.3, 0.4) is 0 Å². The second kappa shape index (κ2) is 10.6. The van der Waals surface area contributed by atoms with Gasteiger partial charge in [-0.3, -0.25) is 0 Å². The molecule has 3 rings (SSSR count). The number of hydrogen-bond donors (Lipinski definition) is 0. The zero-order valence-electron chi connectivity index (χ0n) is 17.2. The highest BCUT2D eigenvalue weighted by atomic mass is 16.6. The largest absolute Gasteiger partial charge is 0.374 e. The number of hydrogen-bond acceptors (Lipinski definition) is 3.